The molecule has 0 radical (unpaired) electrons. The van der Waals surface area contributed by atoms with Gasteiger partial charge in [0.1, 0.15) is 5.75 Å². The topological polar surface area (TPSA) is 81.4 Å². The first-order valence-corrected chi connectivity index (χ1v) is 10.9. The van der Waals surface area contributed by atoms with E-state index < -0.39 is 0 Å². The zero-order valence-corrected chi connectivity index (χ0v) is 17.9. The summed E-state index contributed by atoms with van der Waals surface area (Å²) in [5.41, 5.74) is 4.43. The van der Waals surface area contributed by atoms with E-state index in [0.717, 1.165) is 35.7 Å². The molecule has 0 saturated carbocycles. The highest BCUT2D eigenvalue weighted by Crippen LogP contribution is 2.23. The highest BCUT2D eigenvalue weighted by molar-refractivity contribution is 7.99. The molecular formula is C22H25N5O2S. The Balaban J connectivity index is 1.51. The highest BCUT2D eigenvalue weighted by atomic mass is 32.2. The van der Waals surface area contributed by atoms with E-state index in [2.05, 4.69) is 27.6 Å². The standard InChI is InChI=1S/C22H25N5O2S/c1-3-14-29-19-12-10-17(11-13-19)15-23-24-20(28)16-30-22-26-25-21(27(22)4-2)18-8-6-5-7-9-18/h5-13,15H,3-4,14,16H2,1-2H3,(H,24,28). The molecule has 156 valence electrons. The summed E-state index contributed by atoms with van der Waals surface area (Å²) in [7, 11) is 0. The second kappa shape index (κ2) is 11.2. The van der Waals surface area contributed by atoms with Gasteiger partial charge in [-0.15, -0.1) is 10.2 Å². The van der Waals surface area contributed by atoms with Crippen LogP contribution in [0.25, 0.3) is 11.4 Å². The van der Waals surface area contributed by atoms with Crippen LogP contribution in [0.15, 0.2) is 64.9 Å². The van der Waals surface area contributed by atoms with Crippen molar-refractivity contribution in [1.29, 1.82) is 0 Å². The quantitative estimate of drug-likeness (QED) is 0.303. The molecule has 30 heavy (non-hydrogen) atoms. The Hall–Kier alpha value is -3.13. The number of benzene rings is 2. The lowest BCUT2D eigenvalue weighted by Gasteiger charge is -2.07. The Morgan fingerprint density at radius 2 is 1.90 bits per heavy atom. The van der Waals surface area contributed by atoms with Crippen LogP contribution in [-0.4, -0.2) is 39.2 Å². The molecule has 0 aliphatic rings. The monoisotopic (exact) mass is 423 g/mol. The first kappa shape index (κ1) is 21.6. The van der Waals surface area contributed by atoms with Gasteiger partial charge in [0.25, 0.3) is 5.91 Å². The Morgan fingerprint density at radius 3 is 2.60 bits per heavy atom. The average Bonchev–Trinajstić information content (AvgIpc) is 3.20. The molecule has 0 bridgehead atoms. The van der Waals surface area contributed by atoms with Crippen molar-refractivity contribution in [3.8, 4) is 17.1 Å². The van der Waals surface area contributed by atoms with Gasteiger partial charge >= 0.3 is 0 Å². The maximum absolute atomic E-state index is 12.1. The molecule has 8 heteroatoms. The molecule has 3 aromatic rings. The normalized spacial score (nSPS) is 11.0. The van der Waals surface area contributed by atoms with Crippen molar-refractivity contribution in [2.45, 2.75) is 32.0 Å². The number of rotatable bonds is 10. The number of nitrogens with one attached hydrogen (secondary N) is 1. The smallest absolute Gasteiger partial charge is 0.250 e. The predicted octanol–water partition coefficient (Wildman–Crippen LogP) is 4.00. The van der Waals surface area contributed by atoms with Crippen LogP contribution >= 0.6 is 11.8 Å². The summed E-state index contributed by atoms with van der Waals surface area (Å²) in [4.78, 5) is 12.1. The number of amides is 1. The minimum absolute atomic E-state index is 0.202. The number of hydrazone groups is 1. The van der Waals surface area contributed by atoms with Gasteiger partial charge < -0.3 is 9.30 Å². The lowest BCUT2D eigenvalue weighted by molar-refractivity contribution is -0.118. The second-order valence-corrected chi connectivity index (χ2v) is 7.36. The summed E-state index contributed by atoms with van der Waals surface area (Å²) in [6.45, 7) is 5.51. The third kappa shape index (κ3) is 5.93. The lowest BCUT2D eigenvalue weighted by atomic mass is 10.2. The molecule has 0 aliphatic carbocycles. The van der Waals surface area contributed by atoms with Crippen molar-refractivity contribution in [3.63, 3.8) is 0 Å². The SMILES string of the molecule is CCCOc1ccc(C=NNC(=O)CSc2nnc(-c3ccccc3)n2CC)cc1. The molecule has 0 saturated heterocycles. The van der Waals surface area contributed by atoms with Crippen LogP contribution in [0.1, 0.15) is 25.8 Å². The van der Waals surface area contributed by atoms with Gasteiger partial charge in [-0.3, -0.25) is 4.79 Å². The summed E-state index contributed by atoms with van der Waals surface area (Å²) in [5, 5.41) is 13.2. The highest BCUT2D eigenvalue weighted by Gasteiger charge is 2.14. The number of nitrogens with zero attached hydrogens (tertiary/aromatic N) is 4. The molecule has 0 fully saturated rings. The summed E-state index contributed by atoms with van der Waals surface area (Å²) in [6.07, 6.45) is 2.57. The van der Waals surface area contributed by atoms with Crippen LogP contribution < -0.4 is 10.2 Å². The summed E-state index contributed by atoms with van der Waals surface area (Å²) in [6, 6.07) is 17.4. The van der Waals surface area contributed by atoms with Gasteiger partial charge in [-0.05, 0) is 43.2 Å². The fourth-order valence-corrected chi connectivity index (χ4v) is 3.49. The first-order chi connectivity index (χ1) is 14.7. The number of thioether (sulfide) groups is 1. The van der Waals surface area contributed by atoms with Gasteiger partial charge in [0.2, 0.25) is 0 Å². The Bertz CT molecular complexity index is 971. The van der Waals surface area contributed by atoms with Crippen LogP contribution in [0.3, 0.4) is 0 Å². The molecule has 0 atom stereocenters. The van der Waals surface area contributed by atoms with Crippen LogP contribution in [0.4, 0.5) is 0 Å². The van der Waals surface area contributed by atoms with Crippen molar-refractivity contribution in [1.82, 2.24) is 20.2 Å². The number of ether oxygens (including phenoxy) is 1. The molecule has 1 heterocycles. The van der Waals surface area contributed by atoms with Crippen molar-refractivity contribution < 1.29 is 9.53 Å². The van der Waals surface area contributed by atoms with Crippen molar-refractivity contribution in [3.05, 3.63) is 60.2 Å². The molecule has 0 aliphatic heterocycles. The van der Waals surface area contributed by atoms with Crippen LogP contribution in [0.2, 0.25) is 0 Å². The van der Waals surface area contributed by atoms with Gasteiger partial charge in [0, 0.05) is 12.1 Å². The molecule has 2 aromatic carbocycles. The molecule has 7 nitrogen and oxygen atoms in total. The summed E-state index contributed by atoms with van der Waals surface area (Å²) < 4.78 is 7.54. The number of carbonyl (C=O) groups is 1. The fourth-order valence-electron chi connectivity index (χ4n) is 2.69. The molecule has 0 spiro atoms. The fraction of sp³-hybridized carbons (Fsp3) is 0.273. The van der Waals surface area contributed by atoms with Crippen LogP contribution in [-0.2, 0) is 11.3 Å². The van der Waals surface area contributed by atoms with Crippen LogP contribution in [0.5, 0.6) is 5.75 Å². The van der Waals surface area contributed by atoms with Crippen molar-refractivity contribution >= 4 is 23.9 Å². The number of carbonyl (C=O) groups excluding carboxylic acids is 1. The summed E-state index contributed by atoms with van der Waals surface area (Å²) >= 11 is 1.34. The Labute approximate surface area is 180 Å². The molecule has 1 aromatic heterocycles. The number of aromatic nitrogens is 3. The molecule has 0 unspecified atom stereocenters. The molecule has 1 N–H and O–H groups in total. The van der Waals surface area contributed by atoms with E-state index in [1.54, 1.807) is 6.21 Å². The predicted molar refractivity (Wildman–Crippen MR) is 120 cm³/mol. The van der Waals surface area contributed by atoms with Crippen molar-refractivity contribution in [2.75, 3.05) is 12.4 Å². The third-order valence-corrected chi connectivity index (χ3v) is 5.12. The van der Waals surface area contributed by atoms with E-state index in [4.69, 9.17) is 4.74 Å². The maximum atomic E-state index is 12.1. The van der Waals surface area contributed by atoms with Gasteiger partial charge in [0.05, 0.1) is 18.6 Å². The van der Waals surface area contributed by atoms with E-state index in [-0.39, 0.29) is 11.7 Å². The first-order valence-electron chi connectivity index (χ1n) is 9.87. The molecule has 3 rings (SSSR count). The second-order valence-electron chi connectivity index (χ2n) is 6.42. The molecular weight excluding hydrogens is 398 g/mol. The van der Waals surface area contributed by atoms with Gasteiger partial charge in [0.15, 0.2) is 11.0 Å². The lowest BCUT2D eigenvalue weighted by Crippen LogP contribution is -2.20. The summed E-state index contributed by atoms with van der Waals surface area (Å²) in [5.74, 6) is 1.62. The maximum Gasteiger partial charge on any atom is 0.250 e. The molecule has 1 amide bonds. The Kier molecular flexibility index (Phi) is 8.02. The van der Waals surface area contributed by atoms with Gasteiger partial charge in [-0.2, -0.15) is 5.10 Å². The van der Waals surface area contributed by atoms with Gasteiger partial charge in [-0.25, -0.2) is 5.43 Å². The van der Waals surface area contributed by atoms with E-state index in [9.17, 15) is 4.79 Å². The van der Waals surface area contributed by atoms with Crippen LogP contribution in [0, 0.1) is 0 Å². The van der Waals surface area contributed by atoms with E-state index in [1.807, 2.05) is 66.1 Å². The van der Waals surface area contributed by atoms with Crippen molar-refractivity contribution in [2.24, 2.45) is 5.10 Å². The zero-order chi connectivity index (χ0) is 21.2. The number of hydrogen-bond acceptors (Lipinski definition) is 6. The minimum atomic E-state index is -0.203. The third-order valence-electron chi connectivity index (χ3n) is 4.15. The van der Waals surface area contributed by atoms with E-state index in [0.29, 0.717) is 11.8 Å². The largest absolute Gasteiger partial charge is 0.494 e. The van der Waals surface area contributed by atoms with Gasteiger partial charge in [-0.1, -0.05) is 49.0 Å². The van der Waals surface area contributed by atoms with E-state index in [1.165, 1.54) is 11.8 Å². The number of hydrogen-bond donors (Lipinski definition) is 1. The Morgan fingerprint density at radius 1 is 1.13 bits per heavy atom. The minimum Gasteiger partial charge on any atom is -0.494 e. The van der Waals surface area contributed by atoms with E-state index >= 15 is 0 Å². The average molecular weight is 424 g/mol. The zero-order valence-electron chi connectivity index (χ0n) is 17.1.